The van der Waals surface area contributed by atoms with Crippen molar-refractivity contribution in [3.8, 4) is 0 Å². The van der Waals surface area contributed by atoms with E-state index in [4.69, 9.17) is 9.47 Å². The predicted molar refractivity (Wildman–Crippen MR) is 86.7 cm³/mol. The van der Waals surface area contributed by atoms with Crippen LogP contribution >= 0.6 is 0 Å². The first-order chi connectivity index (χ1) is 12.3. The van der Waals surface area contributed by atoms with Crippen molar-refractivity contribution in [2.24, 2.45) is 0 Å². The fourth-order valence-corrected chi connectivity index (χ4v) is 3.23. The van der Waals surface area contributed by atoms with Crippen molar-refractivity contribution in [1.29, 1.82) is 0 Å². The first-order valence-corrected chi connectivity index (χ1v) is 8.60. The van der Waals surface area contributed by atoms with Crippen molar-refractivity contribution in [2.75, 3.05) is 51.4 Å². The third-order valence-electron chi connectivity index (χ3n) is 4.53. The SMILES string of the molecule is OC1(CN2CCC(Nc3cc(C(F)(F)F)ncn3)CC2)COCCOC1. The Morgan fingerprint density at radius 3 is 2.46 bits per heavy atom. The summed E-state index contributed by atoms with van der Waals surface area (Å²) in [4.78, 5) is 9.25. The van der Waals surface area contributed by atoms with Gasteiger partial charge in [0.2, 0.25) is 0 Å². The lowest BCUT2D eigenvalue weighted by atomic mass is 10.0. The molecule has 2 saturated heterocycles. The van der Waals surface area contributed by atoms with Gasteiger partial charge in [-0.1, -0.05) is 0 Å². The third-order valence-corrected chi connectivity index (χ3v) is 4.53. The van der Waals surface area contributed by atoms with E-state index in [2.05, 4.69) is 20.2 Å². The van der Waals surface area contributed by atoms with Crippen LogP contribution in [-0.2, 0) is 15.7 Å². The second-order valence-electron chi connectivity index (χ2n) is 6.81. The molecule has 3 heterocycles. The Bertz CT molecular complexity index is 586. The Kier molecular flexibility index (Phi) is 5.96. The van der Waals surface area contributed by atoms with Crippen LogP contribution in [-0.4, -0.2) is 77.7 Å². The molecule has 3 rings (SSSR count). The topological polar surface area (TPSA) is 79.7 Å². The van der Waals surface area contributed by atoms with E-state index in [0.29, 0.717) is 19.8 Å². The molecule has 0 saturated carbocycles. The molecule has 2 aliphatic heterocycles. The van der Waals surface area contributed by atoms with Gasteiger partial charge >= 0.3 is 6.18 Å². The van der Waals surface area contributed by atoms with E-state index in [-0.39, 0.29) is 25.1 Å². The predicted octanol–water partition coefficient (Wildman–Crippen LogP) is 1.15. The number of hydrogen-bond donors (Lipinski definition) is 2. The number of nitrogens with zero attached hydrogens (tertiary/aromatic N) is 3. The maximum Gasteiger partial charge on any atom is 0.433 e. The van der Waals surface area contributed by atoms with Crippen LogP contribution in [0.5, 0.6) is 0 Å². The first-order valence-electron chi connectivity index (χ1n) is 8.60. The van der Waals surface area contributed by atoms with Crippen LogP contribution in [0.1, 0.15) is 18.5 Å². The molecule has 2 N–H and O–H groups in total. The van der Waals surface area contributed by atoms with Crippen molar-refractivity contribution in [3.63, 3.8) is 0 Å². The van der Waals surface area contributed by atoms with Crippen molar-refractivity contribution >= 4 is 5.82 Å². The molecule has 1 aromatic heterocycles. The number of anilines is 1. The van der Waals surface area contributed by atoms with E-state index in [9.17, 15) is 18.3 Å². The Morgan fingerprint density at radius 2 is 1.85 bits per heavy atom. The highest BCUT2D eigenvalue weighted by molar-refractivity contribution is 5.36. The van der Waals surface area contributed by atoms with E-state index in [1.807, 2.05) is 0 Å². The van der Waals surface area contributed by atoms with Crippen molar-refractivity contribution in [1.82, 2.24) is 14.9 Å². The van der Waals surface area contributed by atoms with Crippen molar-refractivity contribution in [3.05, 3.63) is 18.1 Å². The monoisotopic (exact) mass is 376 g/mol. The lowest BCUT2D eigenvalue weighted by molar-refractivity contribution is -0.141. The summed E-state index contributed by atoms with van der Waals surface area (Å²) in [5, 5.41) is 13.6. The minimum atomic E-state index is -4.49. The van der Waals surface area contributed by atoms with Gasteiger partial charge in [-0.3, -0.25) is 0 Å². The van der Waals surface area contributed by atoms with E-state index < -0.39 is 17.5 Å². The lowest BCUT2D eigenvalue weighted by Gasteiger charge is -2.37. The summed E-state index contributed by atoms with van der Waals surface area (Å²) in [6.45, 7) is 3.33. The van der Waals surface area contributed by atoms with Crippen LogP contribution in [0.25, 0.3) is 0 Å². The second kappa shape index (κ2) is 8.03. The molecule has 2 aliphatic rings. The Labute approximate surface area is 149 Å². The summed E-state index contributed by atoms with van der Waals surface area (Å²) in [5.74, 6) is 0.176. The van der Waals surface area contributed by atoms with Gasteiger partial charge in [-0.15, -0.1) is 0 Å². The van der Waals surface area contributed by atoms with E-state index >= 15 is 0 Å². The van der Waals surface area contributed by atoms with Gasteiger partial charge in [-0.25, -0.2) is 9.97 Å². The zero-order valence-corrected chi connectivity index (χ0v) is 14.3. The number of β-amino-alcohol motifs (C(OH)–C–C–N with tert-alkyl or cyclic N) is 1. The molecular weight excluding hydrogens is 353 g/mol. The fourth-order valence-electron chi connectivity index (χ4n) is 3.23. The number of ether oxygens (including phenoxy) is 2. The van der Waals surface area contributed by atoms with Gasteiger partial charge in [0.1, 0.15) is 23.4 Å². The molecule has 0 spiro atoms. The molecule has 10 heteroatoms. The standard InChI is InChI=1S/C16H23F3N4O3/c17-16(18,19)13-7-14(21-11-20-13)22-12-1-3-23(4-2-12)8-15(24)9-25-5-6-26-10-15/h7,11-12,24H,1-6,8-10H2,(H,20,21,22). The van der Waals surface area contributed by atoms with Crippen LogP contribution in [0.3, 0.4) is 0 Å². The minimum Gasteiger partial charge on any atom is -0.384 e. The van der Waals surface area contributed by atoms with E-state index in [0.717, 1.165) is 38.3 Å². The molecule has 0 aliphatic carbocycles. The van der Waals surface area contributed by atoms with Gasteiger partial charge in [-0.05, 0) is 12.8 Å². The average Bonchev–Trinajstić information content (AvgIpc) is 2.81. The number of aliphatic hydroxyl groups is 1. The third kappa shape index (κ3) is 5.26. The maximum absolute atomic E-state index is 12.7. The number of hydrogen-bond acceptors (Lipinski definition) is 7. The summed E-state index contributed by atoms with van der Waals surface area (Å²) in [5.41, 5.74) is -1.98. The first kappa shape index (κ1) is 19.3. The Balaban J connectivity index is 1.49. The number of piperidine rings is 1. The molecule has 0 bridgehead atoms. The molecule has 0 atom stereocenters. The average molecular weight is 376 g/mol. The molecule has 0 amide bonds. The van der Waals surface area contributed by atoms with E-state index in [1.54, 1.807) is 0 Å². The van der Waals surface area contributed by atoms with Crippen LogP contribution in [0, 0.1) is 0 Å². The molecule has 0 unspecified atom stereocenters. The van der Waals surface area contributed by atoms with Crippen LogP contribution < -0.4 is 5.32 Å². The van der Waals surface area contributed by atoms with Gasteiger partial charge in [0.05, 0.1) is 26.4 Å². The Morgan fingerprint density at radius 1 is 1.19 bits per heavy atom. The van der Waals surface area contributed by atoms with Gasteiger partial charge < -0.3 is 24.8 Å². The molecule has 0 aromatic carbocycles. The molecule has 2 fully saturated rings. The summed E-state index contributed by atoms with van der Waals surface area (Å²) in [7, 11) is 0. The molecular formula is C16H23F3N4O3. The number of rotatable bonds is 4. The summed E-state index contributed by atoms with van der Waals surface area (Å²) >= 11 is 0. The fraction of sp³-hybridized carbons (Fsp3) is 0.750. The van der Waals surface area contributed by atoms with Crippen LogP contribution in [0.15, 0.2) is 12.4 Å². The molecule has 146 valence electrons. The highest BCUT2D eigenvalue weighted by atomic mass is 19.4. The molecule has 1 aromatic rings. The van der Waals surface area contributed by atoms with E-state index in [1.165, 1.54) is 0 Å². The lowest BCUT2D eigenvalue weighted by Crippen LogP contribution is -2.52. The molecule has 26 heavy (non-hydrogen) atoms. The van der Waals surface area contributed by atoms with Gasteiger partial charge in [0.25, 0.3) is 0 Å². The normalized spacial score (nSPS) is 22.8. The summed E-state index contributed by atoms with van der Waals surface area (Å²) in [6, 6.07) is 0.952. The number of nitrogens with one attached hydrogen (secondary N) is 1. The number of alkyl halides is 3. The molecule has 0 radical (unpaired) electrons. The largest absolute Gasteiger partial charge is 0.433 e. The summed E-state index contributed by atoms with van der Waals surface area (Å²) in [6.07, 6.45) is -2.09. The second-order valence-corrected chi connectivity index (χ2v) is 6.81. The molecule has 7 nitrogen and oxygen atoms in total. The van der Waals surface area contributed by atoms with Crippen molar-refractivity contribution in [2.45, 2.75) is 30.7 Å². The van der Waals surface area contributed by atoms with Crippen LogP contribution in [0.4, 0.5) is 19.0 Å². The van der Waals surface area contributed by atoms with Crippen molar-refractivity contribution < 1.29 is 27.8 Å². The number of halogens is 3. The smallest absolute Gasteiger partial charge is 0.384 e. The van der Waals surface area contributed by atoms with Gasteiger partial charge in [0.15, 0.2) is 0 Å². The minimum absolute atomic E-state index is 0.0264. The Hall–Kier alpha value is -1.49. The zero-order chi connectivity index (χ0) is 18.6. The number of likely N-dealkylation sites (tertiary alicyclic amines) is 1. The highest BCUT2D eigenvalue weighted by Gasteiger charge is 2.34. The van der Waals surface area contributed by atoms with Crippen LogP contribution in [0.2, 0.25) is 0 Å². The quantitative estimate of drug-likeness (QED) is 0.816. The maximum atomic E-state index is 12.7. The highest BCUT2D eigenvalue weighted by Crippen LogP contribution is 2.28. The zero-order valence-electron chi connectivity index (χ0n) is 14.3. The van der Waals surface area contributed by atoms with Gasteiger partial charge in [-0.2, -0.15) is 13.2 Å². The van der Waals surface area contributed by atoms with Gasteiger partial charge in [0, 0.05) is 31.7 Å². The summed E-state index contributed by atoms with van der Waals surface area (Å²) < 4.78 is 48.9. The number of aromatic nitrogens is 2.